The number of aryl methyl sites for hydroxylation is 1. The second kappa shape index (κ2) is 4.97. The highest BCUT2D eigenvalue weighted by Gasteiger charge is 2.37. The van der Waals surface area contributed by atoms with Gasteiger partial charge in [0, 0.05) is 28.4 Å². The average Bonchev–Trinajstić information content (AvgIpc) is 2.85. The molecule has 1 aromatic heterocycles. The predicted molar refractivity (Wildman–Crippen MR) is 80.1 cm³/mol. The largest absolute Gasteiger partial charge is 0.481 e. The number of carbonyl (C=O) groups is 1. The smallest absolute Gasteiger partial charge is 0.303 e. The second-order valence-electron chi connectivity index (χ2n) is 5.91. The second-order valence-corrected chi connectivity index (χ2v) is 5.91. The van der Waals surface area contributed by atoms with E-state index in [0.717, 1.165) is 32.1 Å². The molecule has 1 aliphatic carbocycles. The van der Waals surface area contributed by atoms with E-state index in [1.54, 1.807) is 0 Å². The molecule has 0 radical (unpaired) electrons. The Balaban J connectivity index is 2.09. The maximum absolute atomic E-state index is 11.0. The highest BCUT2D eigenvalue weighted by molar-refractivity contribution is 5.85. The van der Waals surface area contributed by atoms with Crippen LogP contribution >= 0.6 is 0 Å². The third kappa shape index (κ3) is 2.01. The lowest BCUT2D eigenvalue weighted by atomic mass is 9.69. The van der Waals surface area contributed by atoms with Crippen molar-refractivity contribution in [2.75, 3.05) is 0 Å². The van der Waals surface area contributed by atoms with E-state index < -0.39 is 5.97 Å². The average molecular weight is 271 g/mol. The van der Waals surface area contributed by atoms with Crippen LogP contribution in [0.4, 0.5) is 0 Å². The van der Waals surface area contributed by atoms with Crippen LogP contribution in [-0.2, 0) is 16.6 Å². The first kappa shape index (κ1) is 13.2. The van der Waals surface area contributed by atoms with Crippen molar-refractivity contribution >= 4 is 16.9 Å². The van der Waals surface area contributed by atoms with Crippen LogP contribution in [0.3, 0.4) is 0 Å². The van der Waals surface area contributed by atoms with Gasteiger partial charge in [-0.2, -0.15) is 0 Å². The summed E-state index contributed by atoms with van der Waals surface area (Å²) in [5, 5.41) is 10.3. The molecular formula is C17H21NO2. The van der Waals surface area contributed by atoms with Crippen molar-refractivity contribution in [1.29, 1.82) is 0 Å². The lowest BCUT2D eigenvalue weighted by molar-refractivity contribution is -0.137. The van der Waals surface area contributed by atoms with Crippen LogP contribution in [-0.4, -0.2) is 16.1 Å². The summed E-state index contributed by atoms with van der Waals surface area (Å²) < 4.78 is 0. The van der Waals surface area contributed by atoms with E-state index in [2.05, 4.69) is 36.2 Å². The van der Waals surface area contributed by atoms with Gasteiger partial charge in [-0.3, -0.25) is 4.79 Å². The van der Waals surface area contributed by atoms with Crippen molar-refractivity contribution in [3.63, 3.8) is 0 Å². The molecule has 0 aliphatic heterocycles. The van der Waals surface area contributed by atoms with Gasteiger partial charge in [-0.1, -0.05) is 25.1 Å². The van der Waals surface area contributed by atoms with Gasteiger partial charge in [-0.25, -0.2) is 0 Å². The Morgan fingerprint density at radius 2 is 2.20 bits per heavy atom. The van der Waals surface area contributed by atoms with Gasteiger partial charge < -0.3 is 10.1 Å². The monoisotopic (exact) mass is 271 g/mol. The number of fused-ring (bicyclic) bond motifs is 3. The quantitative estimate of drug-likeness (QED) is 0.882. The molecule has 3 nitrogen and oxygen atoms in total. The maximum Gasteiger partial charge on any atom is 0.303 e. The molecule has 1 aromatic carbocycles. The fourth-order valence-electron chi connectivity index (χ4n) is 3.77. The SMILES string of the molecule is CC[C@]1(CCC(=O)O)CCCc2c1[nH]c1ccccc21. The molecule has 2 N–H and O–H groups in total. The van der Waals surface area contributed by atoms with Crippen LogP contribution in [0.15, 0.2) is 24.3 Å². The molecule has 1 aliphatic rings. The van der Waals surface area contributed by atoms with Gasteiger partial charge in [0.05, 0.1) is 0 Å². The predicted octanol–water partition coefficient (Wildman–Crippen LogP) is 4.02. The van der Waals surface area contributed by atoms with Gasteiger partial charge in [0.1, 0.15) is 0 Å². The van der Waals surface area contributed by atoms with Crippen LogP contribution in [0.1, 0.15) is 50.3 Å². The summed E-state index contributed by atoms with van der Waals surface area (Å²) in [6.45, 7) is 2.18. The maximum atomic E-state index is 11.0. The summed E-state index contributed by atoms with van der Waals surface area (Å²) in [5.41, 5.74) is 3.92. The molecular weight excluding hydrogens is 250 g/mol. The number of hydrogen-bond donors (Lipinski definition) is 2. The molecule has 3 heteroatoms. The molecule has 0 amide bonds. The normalized spacial score (nSPS) is 21.9. The number of aromatic nitrogens is 1. The van der Waals surface area contributed by atoms with Gasteiger partial charge in [0.25, 0.3) is 0 Å². The fourth-order valence-corrected chi connectivity index (χ4v) is 3.77. The molecule has 3 rings (SSSR count). The molecule has 0 saturated carbocycles. The third-order valence-corrected chi connectivity index (χ3v) is 4.92. The molecule has 1 heterocycles. The third-order valence-electron chi connectivity index (χ3n) is 4.92. The van der Waals surface area contributed by atoms with E-state index in [4.69, 9.17) is 5.11 Å². The minimum Gasteiger partial charge on any atom is -0.481 e. The number of aliphatic carboxylic acids is 1. The van der Waals surface area contributed by atoms with Gasteiger partial charge in [0.2, 0.25) is 0 Å². The van der Waals surface area contributed by atoms with Gasteiger partial charge in [-0.15, -0.1) is 0 Å². The lowest BCUT2D eigenvalue weighted by Gasteiger charge is -2.36. The number of para-hydroxylation sites is 1. The Morgan fingerprint density at radius 1 is 1.40 bits per heavy atom. The molecule has 0 saturated heterocycles. The summed E-state index contributed by atoms with van der Waals surface area (Å²) in [4.78, 5) is 14.6. The molecule has 20 heavy (non-hydrogen) atoms. The van der Waals surface area contributed by atoms with Gasteiger partial charge in [0.15, 0.2) is 0 Å². The Hall–Kier alpha value is -1.77. The zero-order valence-electron chi connectivity index (χ0n) is 11.9. The number of H-pyrrole nitrogens is 1. The first-order chi connectivity index (χ1) is 9.66. The van der Waals surface area contributed by atoms with E-state index in [9.17, 15) is 4.79 Å². The van der Waals surface area contributed by atoms with Crippen molar-refractivity contribution in [1.82, 2.24) is 4.98 Å². The zero-order chi connectivity index (χ0) is 14.2. The van der Waals surface area contributed by atoms with Gasteiger partial charge in [-0.05, 0) is 43.7 Å². The first-order valence-corrected chi connectivity index (χ1v) is 7.48. The Bertz CT molecular complexity index is 643. The lowest BCUT2D eigenvalue weighted by Crippen LogP contribution is -2.31. The van der Waals surface area contributed by atoms with E-state index in [-0.39, 0.29) is 11.8 Å². The number of carboxylic acids is 1. The van der Waals surface area contributed by atoms with Crippen molar-refractivity contribution in [2.24, 2.45) is 0 Å². The van der Waals surface area contributed by atoms with Crippen LogP contribution in [0.25, 0.3) is 10.9 Å². The Morgan fingerprint density at radius 3 is 2.95 bits per heavy atom. The zero-order valence-corrected chi connectivity index (χ0v) is 11.9. The standard InChI is InChI=1S/C17H21NO2/c1-2-17(11-9-15(19)20)10-5-7-13-12-6-3-4-8-14(12)18-16(13)17/h3-4,6,8,18H,2,5,7,9-11H2,1H3,(H,19,20)/t17-/m1/s1. The summed E-state index contributed by atoms with van der Waals surface area (Å²) >= 11 is 0. The molecule has 0 fully saturated rings. The molecule has 0 bridgehead atoms. The number of rotatable bonds is 4. The summed E-state index contributed by atoms with van der Waals surface area (Å²) in [6, 6.07) is 8.42. The summed E-state index contributed by atoms with van der Waals surface area (Å²) in [6.07, 6.45) is 5.34. The van der Waals surface area contributed by atoms with Gasteiger partial charge >= 0.3 is 5.97 Å². The van der Waals surface area contributed by atoms with E-state index >= 15 is 0 Å². The van der Waals surface area contributed by atoms with E-state index in [0.29, 0.717) is 0 Å². The summed E-state index contributed by atoms with van der Waals surface area (Å²) in [7, 11) is 0. The van der Waals surface area contributed by atoms with Crippen molar-refractivity contribution < 1.29 is 9.90 Å². The highest BCUT2D eigenvalue weighted by Crippen LogP contribution is 2.45. The number of carboxylic acid groups (broad SMARTS) is 1. The number of hydrogen-bond acceptors (Lipinski definition) is 1. The van der Waals surface area contributed by atoms with Crippen LogP contribution < -0.4 is 0 Å². The van der Waals surface area contributed by atoms with Crippen LogP contribution in [0, 0.1) is 0 Å². The Kier molecular flexibility index (Phi) is 3.28. The highest BCUT2D eigenvalue weighted by atomic mass is 16.4. The van der Waals surface area contributed by atoms with Crippen molar-refractivity contribution in [2.45, 2.75) is 50.9 Å². The minimum atomic E-state index is -0.693. The summed E-state index contributed by atoms with van der Waals surface area (Å²) in [5.74, 6) is -0.693. The topological polar surface area (TPSA) is 53.1 Å². The molecule has 1 atom stereocenters. The molecule has 0 unspecified atom stereocenters. The first-order valence-electron chi connectivity index (χ1n) is 7.48. The van der Waals surface area contributed by atoms with Crippen LogP contribution in [0.2, 0.25) is 0 Å². The molecule has 0 spiro atoms. The fraction of sp³-hybridized carbons (Fsp3) is 0.471. The molecule has 2 aromatic rings. The number of benzene rings is 1. The Labute approximate surface area is 119 Å². The minimum absolute atomic E-state index is 0.0188. The number of aromatic amines is 1. The van der Waals surface area contributed by atoms with Crippen molar-refractivity contribution in [3.05, 3.63) is 35.5 Å². The van der Waals surface area contributed by atoms with Crippen LogP contribution in [0.5, 0.6) is 0 Å². The van der Waals surface area contributed by atoms with E-state index in [1.807, 2.05) is 0 Å². The molecule has 106 valence electrons. The van der Waals surface area contributed by atoms with E-state index in [1.165, 1.54) is 22.2 Å². The van der Waals surface area contributed by atoms with Crippen molar-refractivity contribution in [3.8, 4) is 0 Å². The number of nitrogens with one attached hydrogen (secondary N) is 1.